The molecule has 4 nitrogen and oxygen atoms in total. The summed E-state index contributed by atoms with van der Waals surface area (Å²) in [5.74, 6) is 1.44. The van der Waals surface area contributed by atoms with E-state index in [1.807, 2.05) is 18.2 Å². The van der Waals surface area contributed by atoms with Crippen molar-refractivity contribution in [1.82, 2.24) is 9.97 Å². The molecular formula is C12H13BrN4. The zero-order valence-electron chi connectivity index (χ0n) is 9.23. The molecule has 5 heteroatoms. The Hall–Kier alpha value is -1.46. The van der Waals surface area contributed by atoms with Crippen LogP contribution in [0.1, 0.15) is 11.4 Å². The van der Waals surface area contributed by atoms with Gasteiger partial charge in [0.1, 0.15) is 11.6 Å². The topological polar surface area (TPSA) is 63.8 Å². The molecule has 2 rings (SSSR count). The van der Waals surface area contributed by atoms with Gasteiger partial charge in [-0.15, -0.1) is 0 Å². The predicted octanol–water partition coefficient (Wildman–Crippen LogP) is 2.31. The summed E-state index contributed by atoms with van der Waals surface area (Å²) in [6.07, 6.45) is 1.71. The number of hydrogen-bond donors (Lipinski definition) is 2. The molecule has 0 radical (unpaired) electrons. The first-order valence-electron chi connectivity index (χ1n) is 5.28. The molecule has 0 unspecified atom stereocenters. The first-order chi connectivity index (χ1) is 8.28. The van der Waals surface area contributed by atoms with Gasteiger partial charge >= 0.3 is 0 Å². The molecule has 0 bridgehead atoms. The summed E-state index contributed by atoms with van der Waals surface area (Å²) in [6, 6.07) is 9.98. The van der Waals surface area contributed by atoms with Gasteiger partial charge in [0.25, 0.3) is 0 Å². The average Bonchev–Trinajstić information content (AvgIpc) is 2.38. The summed E-state index contributed by atoms with van der Waals surface area (Å²) >= 11 is 3.41. The first kappa shape index (κ1) is 12.0. The molecule has 0 atom stereocenters. The van der Waals surface area contributed by atoms with Crippen molar-refractivity contribution in [3.8, 4) is 0 Å². The van der Waals surface area contributed by atoms with E-state index >= 15 is 0 Å². The van der Waals surface area contributed by atoms with Gasteiger partial charge in [-0.3, -0.25) is 0 Å². The lowest BCUT2D eigenvalue weighted by Crippen LogP contribution is -2.06. The highest BCUT2D eigenvalue weighted by Gasteiger charge is 1.97. The summed E-state index contributed by atoms with van der Waals surface area (Å²) in [5, 5.41) is 3.23. The van der Waals surface area contributed by atoms with Crippen LogP contribution < -0.4 is 11.1 Å². The van der Waals surface area contributed by atoms with Crippen LogP contribution in [0.5, 0.6) is 0 Å². The van der Waals surface area contributed by atoms with Crippen molar-refractivity contribution in [3.63, 3.8) is 0 Å². The standard InChI is InChI=1S/C12H13BrN4/c13-10-3-1-9(2-4-10)8-16-11-5-6-15-12(7-14)17-11/h1-6H,7-8,14H2,(H,15,16,17). The lowest BCUT2D eigenvalue weighted by Gasteiger charge is -2.06. The van der Waals surface area contributed by atoms with Gasteiger partial charge in [-0.05, 0) is 23.8 Å². The lowest BCUT2D eigenvalue weighted by atomic mass is 10.2. The van der Waals surface area contributed by atoms with Crippen LogP contribution in [0, 0.1) is 0 Å². The Labute approximate surface area is 108 Å². The van der Waals surface area contributed by atoms with Gasteiger partial charge in [-0.1, -0.05) is 28.1 Å². The van der Waals surface area contributed by atoms with Crippen molar-refractivity contribution in [2.24, 2.45) is 5.73 Å². The molecule has 17 heavy (non-hydrogen) atoms. The zero-order valence-corrected chi connectivity index (χ0v) is 10.8. The number of anilines is 1. The van der Waals surface area contributed by atoms with Gasteiger partial charge in [-0.25, -0.2) is 9.97 Å². The molecule has 1 heterocycles. The molecule has 0 spiro atoms. The quantitative estimate of drug-likeness (QED) is 0.908. The molecule has 88 valence electrons. The summed E-state index contributed by atoms with van der Waals surface area (Å²) in [7, 11) is 0. The largest absolute Gasteiger partial charge is 0.366 e. The molecule has 0 aliphatic carbocycles. The molecule has 0 saturated carbocycles. The second-order valence-corrected chi connectivity index (χ2v) is 4.46. The van der Waals surface area contributed by atoms with E-state index in [0.717, 1.165) is 16.8 Å². The fraction of sp³-hybridized carbons (Fsp3) is 0.167. The van der Waals surface area contributed by atoms with Gasteiger partial charge in [0.05, 0.1) is 6.54 Å². The maximum absolute atomic E-state index is 5.48. The van der Waals surface area contributed by atoms with Crippen LogP contribution in [-0.4, -0.2) is 9.97 Å². The molecule has 3 N–H and O–H groups in total. The van der Waals surface area contributed by atoms with Gasteiger partial charge < -0.3 is 11.1 Å². The fourth-order valence-corrected chi connectivity index (χ4v) is 1.66. The Balaban J connectivity index is 1.99. The summed E-state index contributed by atoms with van der Waals surface area (Å²) in [6.45, 7) is 1.09. The highest BCUT2D eigenvalue weighted by Crippen LogP contribution is 2.11. The molecular weight excluding hydrogens is 280 g/mol. The highest BCUT2D eigenvalue weighted by molar-refractivity contribution is 9.10. The Morgan fingerprint density at radius 1 is 1.18 bits per heavy atom. The van der Waals surface area contributed by atoms with Crippen molar-refractivity contribution < 1.29 is 0 Å². The molecule has 0 aliphatic rings. The summed E-state index contributed by atoms with van der Waals surface area (Å²) in [5.41, 5.74) is 6.68. The molecule has 0 aliphatic heterocycles. The SMILES string of the molecule is NCc1nccc(NCc2ccc(Br)cc2)n1. The van der Waals surface area contributed by atoms with Crippen molar-refractivity contribution in [2.75, 3.05) is 5.32 Å². The molecule has 2 aromatic rings. The van der Waals surface area contributed by atoms with E-state index in [4.69, 9.17) is 5.73 Å². The maximum Gasteiger partial charge on any atom is 0.144 e. The third-order valence-electron chi connectivity index (χ3n) is 2.27. The minimum absolute atomic E-state index is 0.355. The van der Waals surface area contributed by atoms with Crippen LogP contribution in [-0.2, 0) is 13.1 Å². The highest BCUT2D eigenvalue weighted by atomic mass is 79.9. The normalized spacial score (nSPS) is 10.2. The van der Waals surface area contributed by atoms with E-state index in [-0.39, 0.29) is 0 Å². The number of nitrogens with zero attached hydrogens (tertiary/aromatic N) is 2. The Morgan fingerprint density at radius 3 is 2.65 bits per heavy atom. The molecule has 1 aromatic carbocycles. The maximum atomic E-state index is 5.48. The summed E-state index contributed by atoms with van der Waals surface area (Å²) < 4.78 is 1.08. The average molecular weight is 293 g/mol. The number of aromatic nitrogens is 2. The van der Waals surface area contributed by atoms with E-state index in [0.29, 0.717) is 12.4 Å². The van der Waals surface area contributed by atoms with Crippen molar-refractivity contribution in [2.45, 2.75) is 13.1 Å². The Kier molecular flexibility index (Phi) is 4.06. The van der Waals surface area contributed by atoms with Gasteiger partial charge in [0.2, 0.25) is 0 Å². The third-order valence-corrected chi connectivity index (χ3v) is 2.80. The number of rotatable bonds is 4. The molecule has 0 amide bonds. The van der Waals surface area contributed by atoms with Gasteiger partial charge in [-0.2, -0.15) is 0 Å². The monoisotopic (exact) mass is 292 g/mol. The lowest BCUT2D eigenvalue weighted by molar-refractivity contribution is 0.904. The van der Waals surface area contributed by atoms with Gasteiger partial charge in [0.15, 0.2) is 0 Å². The fourth-order valence-electron chi connectivity index (χ4n) is 1.39. The van der Waals surface area contributed by atoms with Crippen LogP contribution in [0.15, 0.2) is 41.0 Å². The minimum Gasteiger partial charge on any atom is -0.366 e. The summed E-state index contributed by atoms with van der Waals surface area (Å²) in [4.78, 5) is 8.31. The van der Waals surface area contributed by atoms with E-state index in [2.05, 4.69) is 43.3 Å². The molecule has 0 saturated heterocycles. The number of nitrogens with one attached hydrogen (secondary N) is 1. The van der Waals surface area contributed by atoms with Crippen LogP contribution in [0.3, 0.4) is 0 Å². The van der Waals surface area contributed by atoms with Crippen molar-refractivity contribution >= 4 is 21.7 Å². The second-order valence-electron chi connectivity index (χ2n) is 3.54. The van der Waals surface area contributed by atoms with E-state index in [1.165, 1.54) is 5.56 Å². The Bertz CT molecular complexity index is 484. The number of halogens is 1. The smallest absolute Gasteiger partial charge is 0.144 e. The van der Waals surface area contributed by atoms with Crippen LogP contribution in [0.2, 0.25) is 0 Å². The van der Waals surface area contributed by atoms with Crippen LogP contribution in [0.4, 0.5) is 5.82 Å². The second kappa shape index (κ2) is 5.75. The van der Waals surface area contributed by atoms with E-state index in [1.54, 1.807) is 6.20 Å². The number of hydrogen-bond acceptors (Lipinski definition) is 4. The zero-order chi connectivity index (χ0) is 12.1. The molecule has 0 fully saturated rings. The van der Waals surface area contributed by atoms with E-state index < -0.39 is 0 Å². The van der Waals surface area contributed by atoms with Crippen molar-refractivity contribution in [1.29, 1.82) is 0 Å². The van der Waals surface area contributed by atoms with E-state index in [9.17, 15) is 0 Å². The number of nitrogens with two attached hydrogens (primary N) is 1. The third kappa shape index (κ3) is 3.51. The van der Waals surface area contributed by atoms with Crippen molar-refractivity contribution in [3.05, 3.63) is 52.4 Å². The van der Waals surface area contributed by atoms with Gasteiger partial charge in [0, 0.05) is 17.2 Å². The number of benzene rings is 1. The minimum atomic E-state index is 0.355. The molecule has 1 aromatic heterocycles. The predicted molar refractivity (Wildman–Crippen MR) is 71.4 cm³/mol. The Morgan fingerprint density at radius 2 is 1.94 bits per heavy atom. The van der Waals surface area contributed by atoms with Crippen LogP contribution >= 0.6 is 15.9 Å². The van der Waals surface area contributed by atoms with Crippen LogP contribution in [0.25, 0.3) is 0 Å². The first-order valence-corrected chi connectivity index (χ1v) is 6.07.